The summed E-state index contributed by atoms with van der Waals surface area (Å²) in [7, 11) is 0. The zero-order valence-corrected chi connectivity index (χ0v) is 15.4. The molecule has 6 N–H and O–H groups in total. The minimum absolute atomic E-state index is 0.0413. The van der Waals surface area contributed by atoms with Crippen molar-refractivity contribution in [2.24, 2.45) is 17.6 Å². The first-order valence-corrected chi connectivity index (χ1v) is 9.04. The number of fused-ring (bicyclic) bond motifs is 3. The Balaban J connectivity index is 1.95. The molecule has 0 aliphatic heterocycles. The predicted molar refractivity (Wildman–Crippen MR) is 98.6 cm³/mol. The molecule has 4 rings (SSSR count). The number of hydrogen-bond donors (Lipinski definition) is 6. The lowest BCUT2D eigenvalue weighted by atomic mass is 9.59. The molecular formula is C19H17NO7S. The molecule has 1 fully saturated rings. The minimum atomic E-state index is -2.54. The van der Waals surface area contributed by atoms with Crippen LogP contribution in [0.5, 0.6) is 5.75 Å². The van der Waals surface area contributed by atoms with Crippen LogP contribution in [0.15, 0.2) is 33.9 Å². The Hall–Kier alpha value is -2.78. The van der Waals surface area contributed by atoms with Gasteiger partial charge < -0.3 is 26.2 Å². The van der Waals surface area contributed by atoms with Crippen molar-refractivity contribution < 1.29 is 34.8 Å². The number of aromatic hydroxyl groups is 1. The molecule has 1 saturated carbocycles. The molecule has 146 valence electrons. The second kappa shape index (κ2) is 5.86. The molecule has 0 aromatic heterocycles. The Morgan fingerprint density at radius 2 is 1.86 bits per heavy atom. The molecule has 3 aliphatic carbocycles. The van der Waals surface area contributed by atoms with Crippen LogP contribution in [-0.4, -0.2) is 43.5 Å². The predicted octanol–water partition coefficient (Wildman–Crippen LogP) is 0.713. The Morgan fingerprint density at radius 3 is 2.50 bits per heavy atom. The molecule has 1 amide bonds. The lowest BCUT2D eigenvalue weighted by Crippen LogP contribution is -2.58. The summed E-state index contributed by atoms with van der Waals surface area (Å²) in [6.07, 6.45) is 0.0170. The van der Waals surface area contributed by atoms with Crippen molar-refractivity contribution >= 4 is 35.9 Å². The van der Waals surface area contributed by atoms with Crippen LogP contribution in [0.2, 0.25) is 0 Å². The van der Waals surface area contributed by atoms with Gasteiger partial charge in [0.2, 0.25) is 5.78 Å². The number of thiol groups is 1. The van der Waals surface area contributed by atoms with E-state index in [1.807, 2.05) is 0 Å². The van der Waals surface area contributed by atoms with Crippen LogP contribution < -0.4 is 5.73 Å². The summed E-state index contributed by atoms with van der Waals surface area (Å²) in [6, 6.07) is 2.89. The molecule has 1 unspecified atom stereocenters. The minimum Gasteiger partial charge on any atom is -0.508 e. The van der Waals surface area contributed by atoms with E-state index in [-0.39, 0.29) is 36.1 Å². The topological polar surface area (TPSA) is 158 Å². The summed E-state index contributed by atoms with van der Waals surface area (Å²) < 4.78 is 0. The van der Waals surface area contributed by atoms with Crippen LogP contribution in [0.25, 0.3) is 5.76 Å². The van der Waals surface area contributed by atoms with Crippen molar-refractivity contribution in [2.45, 2.75) is 29.8 Å². The number of carbonyl (C=O) groups excluding carboxylic acids is 3. The summed E-state index contributed by atoms with van der Waals surface area (Å²) in [4.78, 5) is 37.5. The summed E-state index contributed by atoms with van der Waals surface area (Å²) in [6.45, 7) is 0. The van der Waals surface area contributed by atoms with Gasteiger partial charge in [-0.05, 0) is 36.5 Å². The zero-order chi connectivity index (χ0) is 20.5. The Bertz CT molecular complexity index is 1040. The van der Waals surface area contributed by atoms with E-state index in [1.54, 1.807) is 6.07 Å². The van der Waals surface area contributed by atoms with Gasteiger partial charge in [0.05, 0.1) is 5.56 Å². The summed E-state index contributed by atoms with van der Waals surface area (Å²) in [5.74, 6) is -6.36. The third-order valence-electron chi connectivity index (χ3n) is 5.92. The average molecular weight is 403 g/mol. The Kier molecular flexibility index (Phi) is 3.89. The van der Waals surface area contributed by atoms with Gasteiger partial charge in [-0.3, -0.25) is 14.4 Å². The smallest absolute Gasteiger partial charge is 0.255 e. The number of rotatable bonds is 1. The first-order chi connectivity index (χ1) is 13.1. The quantitative estimate of drug-likeness (QED) is 0.298. The first kappa shape index (κ1) is 18.6. The van der Waals surface area contributed by atoms with E-state index in [0.717, 1.165) is 0 Å². The number of nitrogens with two attached hydrogens (primary N) is 1. The van der Waals surface area contributed by atoms with E-state index >= 15 is 0 Å². The fraction of sp³-hybridized carbons (Fsp3) is 0.316. The van der Waals surface area contributed by atoms with Gasteiger partial charge >= 0.3 is 0 Å². The van der Waals surface area contributed by atoms with Gasteiger partial charge in [-0.25, -0.2) is 0 Å². The number of hydrogen-bond acceptors (Lipinski definition) is 8. The van der Waals surface area contributed by atoms with Crippen molar-refractivity contribution in [3.05, 3.63) is 40.2 Å². The molecule has 0 saturated heterocycles. The fourth-order valence-corrected chi connectivity index (χ4v) is 4.88. The number of ketones is 2. The highest BCUT2D eigenvalue weighted by Gasteiger charge is 2.60. The monoisotopic (exact) mass is 403 g/mol. The zero-order valence-electron chi connectivity index (χ0n) is 14.5. The molecule has 0 heterocycles. The van der Waals surface area contributed by atoms with Gasteiger partial charge in [-0.1, -0.05) is 0 Å². The van der Waals surface area contributed by atoms with Crippen molar-refractivity contribution in [1.82, 2.24) is 0 Å². The van der Waals surface area contributed by atoms with Crippen LogP contribution in [0.1, 0.15) is 24.0 Å². The Morgan fingerprint density at radius 1 is 1.18 bits per heavy atom. The van der Waals surface area contributed by atoms with E-state index in [9.17, 15) is 34.8 Å². The average Bonchev–Trinajstić information content (AvgIpc) is 2.61. The maximum absolute atomic E-state index is 13.2. The fourth-order valence-electron chi connectivity index (χ4n) is 4.61. The maximum atomic E-state index is 13.2. The van der Waals surface area contributed by atoms with Crippen molar-refractivity contribution in [3.63, 3.8) is 0 Å². The first-order valence-electron chi connectivity index (χ1n) is 8.60. The van der Waals surface area contributed by atoms with Crippen LogP contribution in [-0.2, 0) is 20.8 Å². The van der Waals surface area contributed by atoms with Gasteiger partial charge in [0.1, 0.15) is 22.8 Å². The molecule has 3 atom stereocenters. The maximum Gasteiger partial charge on any atom is 0.255 e. The molecule has 28 heavy (non-hydrogen) atoms. The number of primary amides is 1. The van der Waals surface area contributed by atoms with Crippen molar-refractivity contribution in [2.75, 3.05) is 0 Å². The molecule has 1 aromatic carbocycles. The number of phenolic OH excluding ortho intramolecular Hbond substituents is 1. The third kappa shape index (κ3) is 2.20. The molecule has 1 aromatic rings. The van der Waals surface area contributed by atoms with E-state index in [1.165, 1.54) is 6.07 Å². The number of Topliss-reactive ketones (excluding diaryl/α,β-unsaturated/α-hetero) is 2. The highest BCUT2D eigenvalue weighted by molar-refractivity contribution is 7.80. The van der Waals surface area contributed by atoms with Crippen LogP contribution in [0, 0.1) is 11.8 Å². The number of amides is 1. The van der Waals surface area contributed by atoms with Crippen LogP contribution >= 0.6 is 12.6 Å². The van der Waals surface area contributed by atoms with Crippen molar-refractivity contribution in [1.29, 1.82) is 0 Å². The standard InChI is InChI=1S/C19H17NO7S/c20-18(26)14-10(22)5-7-3-6-4-8-11(28)2-1-9(21)13(8)15(23)12(6)16(24)19(7,27)17(14)25/h1-2,6-7,21,23,25,27-28H,3-5H2,(H2,20,26)/t6?,7-,19-/m0/s1. The largest absolute Gasteiger partial charge is 0.508 e. The summed E-state index contributed by atoms with van der Waals surface area (Å²) in [5.41, 5.74) is 2.22. The molecule has 9 heteroatoms. The lowest BCUT2D eigenvalue weighted by molar-refractivity contribution is -0.147. The van der Waals surface area contributed by atoms with Crippen molar-refractivity contribution in [3.8, 4) is 5.75 Å². The molecule has 0 radical (unpaired) electrons. The van der Waals surface area contributed by atoms with E-state index in [4.69, 9.17) is 5.73 Å². The molecule has 8 nitrogen and oxygen atoms in total. The molecule has 0 spiro atoms. The SMILES string of the molecule is NC(=O)C1=C(O)[C@@]2(O)C(=O)C3=C(O)c4c(O)ccc(S)c4CC3C[C@H]2CC1=O. The Labute approximate surface area is 164 Å². The van der Waals surface area contributed by atoms with Gasteiger partial charge in [0.25, 0.3) is 5.91 Å². The second-order valence-corrected chi connectivity index (χ2v) is 7.85. The van der Waals surface area contributed by atoms with Gasteiger partial charge in [0, 0.05) is 22.8 Å². The number of aliphatic hydroxyl groups is 3. The number of carbonyl (C=O) groups is 3. The highest BCUT2D eigenvalue weighted by atomic mass is 32.1. The second-order valence-electron chi connectivity index (χ2n) is 7.36. The summed E-state index contributed by atoms with van der Waals surface area (Å²) in [5, 5.41) is 42.4. The van der Waals surface area contributed by atoms with E-state index in [2.05, 4.69) is 12.6 Å². The van der Waals surface area contributed by atoms with Gasteiger partial charge in [-0.15, -0.1) is 12.6 Å². The molecule has 0 bridgehead atoms. The van der Waals surface area contributed by atoms with E-state index < -0.39 is 52.0 Å². The third-order valence-corrected chi connectivity index (χ3v) is 6.34. The molecular weight excluding hydrogens is 386 g/mol. The van der Waals surface area contributed by atoms with E-state index in [0.29, 0.717) is 10.5 Å². The highest BCUT2D eigenvalue weighted by Crippen LogP contribution is 2.52. The number of benzene rings is 1. The number of phenols is 1. The van der Waals surface area contributed by atoms with Gasteiger partial charge in [-0.2, -0.15) is 0 Å². The number of aliphatic hydroxyl groups excluding tert-OH is 2. The normalized spacial score (nSPS) is 29.4. The summed E-state index contributed by atoms with van der Waals surface area (Å²) >= 11 is 4.34. The lowest BCUT2D eigenvalue weighted by Gasteiger charge is -2.46. The molecule has 3 aliphatic rings. The van der Waals surface area contributed by atoms with Crippen LogP contribution in [0.3, 0.4) is 0 Å². The van der Waals surface area contributed by atoms with Gasteiger partial charge in [0.15, 0.2) is 11.4 Å². The van der Waals surface area contributed by atoms with Crippen LogP contribution in [0.4, 0.5) is 0 Å².